The predicted molar refractivity (Wildman–Crippen MR) is 105 cm³/mol. The van der Waals surface area contributed by atoms with E-state index in [0.717, 1.165) is 11.5 Å². The number of hydrogen-bond acceptors (Lipinski definition) is 1. The molecule has 0 aliphatic heterocycles. The zero-order chi connectivity index (χ0) is 16.9. The largest absolute Gasteiger partial charge is 1.00 e. The van der Waals surface area contributed by atoms with Crippen molar-refractivity contribution in [1.29, 1.82) is 0 Å². The van der Waals surface area contributed by atoms with E-state index in [1.54, 1.807) is 0 Å². The van der Waals surface area contributed by atoms with Gasteiger partial charge in [-0.05, 0) is 46.5 Å². The molecule has 0 amide bonds. The summed E-state index contributed by atoms with van der Waals surface area (Å²) in [4.78, 5) is 0. The van der Waals surface area contributed by atoms with E-state index in [-0.39, 0.29) is 20.3 Å². The quantitative estimate of drug-likeness (QED) is 0.515. The molecule has 0 saturated heterocycles. The SMILES string of the molecule is [H-].[Li+].c1ccc(-c2ccc(Oc3ccc(-c4ccccc4)cc3)cc2)cc1. The smallest absolute Gasteiger partial charge is 1.00 e. The third-order valence-corrected chi connectivity index (χ3v) is 4.16. The van der Waals surface area contributed by atoms with Gasteiger partial charge in [0, 0.05) is 0 Å². The van der Waals surface area contributed by atoms with E-state index in [1.807, 2.05) is 60.7 Å². The predicted octanol–water partition coefficient (Wildman–Crippen LogP) is 3.93. The van der Waals surface area contributed by atoms with Crippen molar-refractivity contribution in [3.8, 4) is 33.8 Å². The maximum Gasteiger partial charge on any atom is 1.00 e. The zero-order valence-electron chi connectivity index (χ0n) is 15.8. The number of ether oxygens (including phenoxy) is 1. The summed E-state index contributed by atoms with van der Waals surface area (Å²) >= 11 is 0. The molecule has 0 saturated carbocycles. The van der Waals surface area contributed by atoms with E-state index in [2.05, 4.69) is 48.5 Å². The van der Waals surface area contributed by atoms with Gasteiger partial charge in [0.1, 0.15) is 11.5 Å². The van der Waals surface area contributed by atoms with Crippen LogP contribution in [0.5, 0.6) is 11.5 Å². The van der Waals surface area contributed by atoms with Crippen molar-refractivity contribution >= 4 is 0 Å². The summed E-state index contributed by atoms with van der Waals surface area (Å²) in [6, 6.07) is 37.1. The molecule has 2 heteroatoms. The molecule has 26 heavy (non-hydrogen) atoms. The molecule has 4 aromatic carbocycles. The Morgan fingerprint density at radius 3 is 1.04 bits per heavy atom. The van der Waals surface area contributed by atoms with E-state index in [4.69, 9.17) is 4.74 Å². The van der Waals surface area contributed by atoms with Crippen LogP contribution in [0.4, 0.5) is 0 Å². The molecule has 4 aromatic rings. The standard InChI is InChI=1S/C24H18O.Li.H/c1-3-7-19(8-4-1)21-11-15-23(16-12-21)25-24-17-13-22(14-18-24)20-9-5-2-6-10-20;;/h1-18H;;/q;+1;-1. The molecule has 0 radical (unpaired) electrons. The zero-order valence-corrected chi connectivity index (χ0v) is 14.8. The van der Waals surface area contributed by atoms with E-state index >= 15 is 0 Å². The average molecular weight is 330 g/mol. The molecule has 1 nitrogen and oxygen atoms in total. The van der Waals surface area contributed by atoms with Gasteiger partial charge >= 0.3 is 18.9 Å². The maximum atomic E-state index is 5.96. The molecule has 0 atom stereocenters. The van der Waals surface area contributed by atoms with Crippen molar-refractivity contribution in [3.63, 3.8) is 0 Å². The van der Waals surface area contributed by atoms with Gasteiger partial charge in [-0.3, -0.25) is 0 Å². The van der Waals surface area contributed by atoms with Crippen LogP contribution in [-0.4, -0.2) is 0 Å². The van der Waals surface area contributed by atoms with Crippen LogP contribution in [-0.2, 0) is 0 Å². The van der Waals surface area contributed by atoms with E-state index in [0.29, 0.717) is 0 Å². The maximum absolute atomic E-state index is 5.96. The normalized spacial score (nSPS) is 10.0. The molecule has 0 fully saturated rings. The summed E-state index contributed by atoms with van der Waals surface area (Å²) in [6.07, 6.45) is 0. The van der Waals surface area contributed by atoms with Gasteiger partial charge in [-0.1, -0.05) is 84.9 Å². The van der Waals surface area contributed by atoms with Crippen molar-refractivity contribution in [1.82, 2.24) is 0 Å². The topological polar surface area (TPSA) is 9.23 Å². The fourth-order valence-corrected chi connectivity index (χ4v) is 2.83. The first-order valence-corrected chi connectivity index (χ1v) is 8.37. The van der Waals surface area contributed by atoms with Crippen LogP contribution in [0, 0.1) is 0 Å². The summed E-state index contributed by atoms with van der Waals surface area (Å²) in [7, 11) is 0. The number of rotatable bonds is 4. The van der Waals surface area contributed by atoms with Gasteiger partial charge in [0.2, 0.25) is 0 Å². The third-order valence-electron chi connectivity index (χ3n) is 4.16. The van der Waals surface area contributed by atoms with Crippen molar-refractivity contribution in [3.05, 3.63) is 109 Å². The van der Waals surface area contributed by atoms with Gasteiger partial charge in [0.05, 0.1) is 0 Å². The Morgan fingerprint density at radius 1 is 0.385 bits per heavy atom. The molecule has 0 spiro atoms. The molecule has 0 N–H and O–H groups in total. The van der Waals surface area contributed by atoms with Crippen LogP contribution in [0.2, 0.25) is 0 Å². The fraction of sp³-hybridized carbons (Fsp3) is 0. The van der Waals surface area contributed by atoms with Crippen molar-refractivity contribution < 1.29 is 25.0 Å². The van der Waals surface area contributed by atoms with Crippen molar-refractivity contribution in [2.24, 2.45) is 0 Å². The van der Waals surface area contributed by atoms with Gasteiger partial charge in [0.15, 0.2) is 0 Å². The van der Waals surface area contributed by atoms with Crippen LogP contribution < -0.4 is 23.6 Å². The van der Waals surface area contributed by atoms with Gasteiger partial charge < -0.3 is 6.16 Å². The molecule has 0 aliphatic carbocycles. The first-order chi connectivity index (χ1) is 12.4. The minimum absolute atomic E-state index is 0. The monoisotopic (exact) mass is 330 g/mol. The Balaban J connectivity index is 0.00000131. The minimum Gasteiger partial charge on any atom is -1.00 e. The van der Waals surface area contributed by atoms with Crippen LogP contribution >= 0.6 is 0 Å². The van der Waals surface area contributed by atoms with E-state index in [9.17, 15) is 0 Å². The van der Waals surface area contributed by atoms with Gasteiger partial charge in [-0.25, -0.2) is 0 Å². The van der Waals surface area contributed by atoms with Crippen LogP contribution in [0.1, 0.15) is 1.43 Å². The van der Waals surface area contributed by atoms with Gasteiger partial charge in [-0.15, -0.1) is 0 Å². The number of hydrogen-bond donors (Lipinski definition) is 0. The molecule has 4 rings (SSSR count). The van der Waals surface area contributed by atoms with E-state index < -0.39 is 0 Å². The molecule has 0 aliphatic rings. The molecule has 0 unspecified atom stereocenters. The Kier molecular flexibility index (Phi) is 5.97. The van der Waals surface area contributed by atoms with Crippen LogP contribution in [0.3, 0.4) is 0 Å². The summed E-state index contributed by atoms with van der Waals surface area (Å²) in [5.41, 5.74) is 4.79. The summed E-state index contributed by atoms with van der Waals surface area (Å²) in [5.74, 6) is 1.68. The Hall–Kier alpha value is -2.72. The Morgan fingerprint density at radius 2 is 0.692 bits per heavy atom. The minimum atomic E-state index is 0. The van der Waals surface area contributed by atoms with Crippen LogP contribution in [0.15, 0.2) is 109 Å². The second-order valence-electron chi connectivity index (χ2n) is 5.88. The second kappa shape index (κ2) is 8.58. The van der Waals surface area contributed by atoms with Crippen molar-refractivity contribution in [2.45, 2.75) is 0 Å². The molecule has 0 aromatic heterocycles. The molecule has 0 heterocycles. The summed E-state index contributed by atoms with van der Waals surface area (Å²) < 4.78 is 5.96. The van der Waals surface area contributed by atoms with Gasteiger partial charge in [-0.2, -0.15) is 0 Å². The Labute approximate surface area is 167 Å². The summed E-state index contributed by atoms with van der Waals surface area (Å²) in [6.45, 7) is 0. The average Bonchev–Trinajstić information content (AvgIpc) is 2.71. The molecule has 0 bridgehead atoms. The molecular formula is C24H19LiO. The first kappa shape index (κ1) is 18.1. The van der Waals surface area contributed by atoms with E-state index in [1.165, 1.54) is 22.3 Å². The van der Waals surface area contributed by atoms with Crippen molar-refractivity contribution in [2.75, 3.05) is 0 Å². The summed E-state index contributed by atoms with van der Waals surface area (Å²) in [5, 5.41) is 0. The Bertz CT molecular complexity index is 856. The second-order valence-corrected chi connectivity index (χ2v) is 5.88. The fourth-order valence-electron chi connectivity index (χ4n) is 2.83. The molecule has 122 valence electrons. The molecular weight excluding hydrogens is 311 g/mol. The number of benzene rings is 4. The first-order valence-electron chi connectivity index (χ1n) is 8.37. The van der Waals surface area contributed by atoms with Gasteiger partial charge in [0.25, 0.3) is 0 Å². The van der Waals surface area contributed by atoms with Crippen LogP contribution in [0.25, 0.3) is 22.3 Å². The third kappa shape index (κ3) is 4.27.